The van der Waals surface area contributed by atoms with Crippen LogP contribution >= 0.6 is 0 Å². The van der Waals surface area contributed by atoms with Crippen LogP contribution in [0.2, 0.25) is 0 Å². The fraction of sp³-hybridized carbons (Fsp3) is 0.273. The molecule has 0 radical (unpaired) electrons. The Bertz CT molecular complexity index is 622. The lowest BCUT2D eigenvalue weighted by molar-refractivity contribution is 0.0996. The summed E-state index contributed by atoms with van der Waals surface area (Å²) in [7, 11) is 0. The Morgan fingerprint density at radius 3 is 2.79 bits per heavy atom. The van der Waals surface area contributed by atoms with E-state index in [2.05, 4.69) is 15.1 Å². The van der Waals surface area contributed by atoms with Gasteiger partial charge in [-0.15, -0.1) is 0 Å². The first kappa shape index (κ1) is 12.8. The number of anilines is 1. The summed E-state index contributed by atoms with van der Waals surface area (Å²) in [5.41, 5.74) is 11.7. The first-order chi connectivity index (χ1) is 9.04. The van der Waals surface area contributed by atoms with Crippen molar-refractivity contribution in [2.45, 2.75) is 13.8 Å². The zero-order chi connectivity index (χ0) is 14.0. The highest BCUT2D eigenvalue weighted by Crippen LogP contribution is 2.21. The van der Waals surface area contributed by atoms with Gasteiger partial charge < -0.3 is 16.2 Å². The van der Waals surface area contributed by atoms with Gasteiger partial charge in [0.2, 0.25) is 5.88 Å². The number of carbonyl (C=O) groups is 1. The smallest absolute Gasteiger partial charge is 0.271 e. The predicted octanol–water partition coefficient (Wildman–Crippen LogP) is 0.0505. The molecular weight excluding hydrogens is 248 g/mol. The van der Waals surface area contributed by atoms with Crippen molar-refractivity contribution in [3.63, 3.8) is 0 Å². The number of hydrogen-bond acceptors (Lipinski definition) is 6. The molecule has 0 unspecified atom stereocenters. The van der Waals surface area contributed by atoms with E-state index in [1.165, 1.54) is 17.2 Å². The molecule has 0 aromatic carbocycles. The summed E-state index contributed by atoms with van der Waals surface area (Å²) in [4.78, 5) is 19.3. The fourth-order valence-electron chi connectivity index (χ4n) is 1.63. The molecule has 0 aliphatic heterocycles. The third-order valence-corrected chi connectivity index (χ3v) is 2.49. The normalized spacial score (nSPS) is 10.4. The minimum atomic E-state index is -0.687. The van der Waals surface area contributed by atoms with Crippen LogP contribution in [-0.4, -0.2) is 32.3 Å². The van der Waals surface area contributed by atoms with Gasteiger partial charge in [0.1, 0.15) is 6.33 Å². The van der Waals surface area contributed by atoms with Crippen LogP contribution in [0.15, 0.2) is 12.5 Å². The van der Waals surface area contributed by atoms with Crippen molar-refractivity contribution in [1.29, 1.82) is 0 Å². The van der Waals surface area contributed by atoms with Crippen molar-refractivity contribution in [3.05, 3.63) is 23.8 Å². The summed E-state index contributed by atoms with van der Waals surface area (Å²) in [6, 6.07) is 0. The number of amides is 1. The topological polar surface area (TPSA) is 122 Å². The van der Waals surface area contributed by atoms with Crippen molar-refractivity contribution >= 4 is 11.6 Å². The standard InChI is InChI=1S/C11H14N6O2/c1-3-19-11-6(2)10(14-5-15-11)17-4-7(12)8(16-17)9(13)18/h4-5H,3,12H2,1-2H3,(H2,13,18). The molecule has 1 amide bonds. The molecule has 2 rings (SSSR count). The van der Waals surface area contributed by atoms with E-state index in [0.29, 0.717) is 23.9 Å². The SMILES string of the molecule is CCOc1ncnc(-n2cc(N)c(C(N)=O)n2)c1C. The van der Waals surface area contributed by atoms with E-state index >= 15 is 0 Å². The highest BCUT2D eigenvalue weighted by molar-refractivity contribution is 5.95. The van der Waals surface area contributed by atoms with Gasteiger partial charge in [0.05, 0.1) is 24.1 Å². The maximum absolute atomic E-state index is 11.1. The lowest BCUT2D eigenvalue weighted by atomic mass is 10.3. The summed E-state index contributed by atoms with van der Waals surface area (Å²) >= 11 is 0. The Labute approximate surface area is 109 Å². The second-order valence-corrected chi connectivity index (χ2v) is 3.80. The largest absolute Gasteiger partial charge is 0.478 e. The zero-order valence-electron chi connectivity index (χ0n) is 10.6. The number of rotatable bonds is 4. The van der Waals surface area contributed by atoms with E-state index in [4.69, 9.17) is 16.2 Å². The molecule has 0 spiro atoms. The Morgan fingerprint density at radius 1 is 1.47 bits per heavy atom. The molecule has 0 aliphatic carbocycles. The van der Waals surface area contributed by atoms with Crippen LogP contribution < -0.4 is 16.2 Å². The van der Waals surface area contributed by atoms with Gasteiger partial charge >= 0.3 is 0 Å². The number of aromatic nitrogens is 4. The third kappa shape index (κ3) is 2.32. The Balaban J connectivity index is 2.50. The summed E-state index contributed by atoms with van der Waals surface area (Å²) in [6.07, 6.45) is 2.83. The molecule has 2 aromatic heterocycles. The van der Waals surface area contributed by atoms with E-state index in [1.807, 2.05) is 6.92 Å². The lowest BCUT2D eigenvalue weighted by Gasteiger charge is -2.08. The number of nitrogens with zero attached hydrogens (tertiary/aromatic N) is 4. The van der Waals surface area contributed by atoms with Crippen LogP contribution in [0.25, 0.3) is 5.82 Å². The maximum atomic E-state index is 11.1. The van der Waals surface area contributed by atoms with Gasteiger partial charge in [-0.2, -0.15) is 5.10 Å². The molecule has 0 fully saturated rings. The molecule has 8 heteroatoms. The average molecular weight is 262 g/mol. The van der Waals surface area contributed by atoms with Gasteiger partial charge in [-0.3, -0.25) is 4.79 Å². The highest BCUT2D eigenvalue weighted by Gasteiger charge is 2.16. The van der Waals surface area contributed by atoms with Gasteiger partial charge in [-0.05, 0) is 13.8 Å². The van der Waals surface area contributed by atoms with E-state index in [9.17, 15) is 4.79 Å². The van der Waals surface area contributed by atoms with Crippen molar-refractivity contribution < 1.29 is 9.53 Å². The number of nitrogens with two attached hydrogens (primary N) is 2. The van der Waals surface area contributed by atoms with Crippen LogP contribution in [0.4, 0.5) is 5.69 Å². The molecule has 0 aliphatic rings. The van der Waals surface area contributed by atoms with Crippen LogP contribution in [-0.2, 0) is 0 Å². The van der Waals surface area contributed by atoms with Crippen molar-refractivity contribution in [1.82, 2.24) is 19.7 Å². The second kappa shape index (κ2) is 4.92. The molecular formula is C11H14N6O2. The molecule has 0 bridgehead atoms. The summed E-state index contributed by atoms with van der Waals surface area (Å²) < 4.78 is 6.75. The summed E-state index contributed by atoms with van der Waals surface area (Å²) in [5.74, 6) is 0.257. The van der Waals surface area contributed by atoms with Crippen LogP contribution in [0.1, 0.15) is 23.0 Å². The molecule has 2 aromatic rings. The first-order valence-corrected chi connectivity index (χ1v) is 5.64. The number of hydrogen-bond donors (Lipinski definition) is 2. The molecule has 2 heterocycles. The number of primary amides is 1. The van der Waals surface area contributed by atoms with E-state index in [1.54, 1.807) is 6.92 Å². The first-order valence-electron chi connectivity index (χ1n) is 5.64. The fourth-order valence-corrected chi connectivity index (χ4v) is 1.63. The number of carbonyl (C=O) groups excluding carboxylic acids is 1. The van der Waals surface area contributed by atoms with Gasteiger partial charge in [0, 0.05) is 0 Å². The van der Waals surface area contributed by atoms with E-state index in [-0.39, 0.29) is 11.4 Å². The van der Waals surface area contributed by atoms with Crippen LogP contribution in [0, 0.1) is 6.92 Å². The van der Waals surface area contributed by atoms with Crippen molar-refractivity contribution in [3.8, 4) is 11.7 Å². The second-order valence-electron chi connectivity index (χ2n) is 3.80. The van der Waals surface area contributed by atoms with Gasteiger partial charge in [0.25, 0.3) is 5.91 Å². The quantitative estimate of drug-likeness (QED) is 0.802. The Morgan fingerprint density at radius 2 is 2.21 bits per heavy atom. The maximum Gasteiger partial charge on any atom is 0.271 e. The lowest BCUT2D eigenvalue weighted by Crippen LogP contribution is -2.14. The summed E-state index contributed by atoms with van der Waals surface area (Å²) in [6.45, 7) is 4.14. The van der Waals surface area contributed by atoms with E-state index in [0.717, 1.165) is 0 Å². The average Bonchev–Trinajstić information content (AvgIpc) is 2.74. The molecule has 100 valence electrons. The van der Waals surface area contributed by atoms with Gasteiger partial charge in [-0.25, -0.2) is 14.6 Å². The van der Waals surface area contributed by atoms with Gasteiger partial charge in [0.15, 0.2) is 11.5 Å². The number of nitrogen functional groups attached to an aromatic ring is 1. The molecule has 4 N–H and O–H groups in total. The zero-order valence-corrected chi connectivity index (χ0v) is 10.6. The van der Waals surface area contributed by atoms with E-state index < -0.39 is 5.91 Å². The monoisotopic (exact) mass is 262 g/mol. The van der Waals surface area contributed by atoms with Gasteiger partial charge in [-0.1, -0.05) is 0 Å². The molecule has 0 saturated carbocycles. The van der Waals surface area contributed by atoms with Crippen molar-refractivity contribution in [2.24, 2.45) is 5.73 Å². The predicted molar refractivity (Wildman–Crippen MR) is 68.0 cm³/mol. The molecule has 0 atom stereocenters. The third-order valence-electron chi connectivity index (χ3n) is 2.49. The minimum absolute atomic E-state index is 0.0102. The minimum Gasteiger partial charge on any atom is -0.478 e. The summed E-state index contributed by atoms with van der Waals surface area (Å²) in [5, 5.41) is 4.01. The van der Waals surface area contributed by atoms with Crippen LogP contribution in [0.5, 0.6) is 5.88 Å². The molecule has 8 nitrogen and oxygen atoms in total. The molecule has 19 heavy (non-hydrogen) atoms. The van der Waals surface area contributed by atoms with Crippen LogP contribution in [0.3, 0.4) is 0 Å². The van der Waals surface area contributed by atoms with Crippen molar-refractivity contribution in [2.75, 3.05) is 12.3 Å². The Hall–Kier alpha value is -2.64. The molecule has 0 saturated heterocycles. The highest BCUT2D eigenvalue weighted by atomic mass is 16.5. The Kier molecular flexibility index (Phi) is 3.32. The number of ether oxygens (including phenoxy) is 1.